The van der Waals surface area contributed by atoms with Gasteiger partial charge in [0.25, 0.3) is 5.56 Å². The van der Waals surface area contributed by atoms with Gasteiger partial charge < -0.3 is 24.7 Å². The Morgan fingerprint density at radius 2 is 1.78 bits per heavy atom. The van der Waals surface area contributed by atoms with Crippen LogP contribution < -0.4 is 20.3 Å². The second-order valence-corrected chi connectivity index (χ2v) is 8.80. The smallest absolute Gasteiger partial charge is 0.253 e. The van der Waals surface area contributed by atoms with E-state index < -0.39 is 0 Å². The van der Waals surface area contributed by atoms with E-state index in [2.05, 4.69) is 27.3 Å². The Morgan fingerprint density at radius 3 is 2.53 bits per heavy atom. The van der Waals surface area contributed by atoms with E-state index in [9.17, 15) is 4.79 Å². The second-order valence-electron chi connectivity index (χ2n) is 8.42. The summed E-state index contributed by atoms with van der Waals surface area (Å²) in [7, 11) is 0. The van der Waals surface area contributed by atoms with Gasteiger partial charge in [-0.05, 0) is 42.8 Å². The first kappa shape index (κ1) is 20.8. The van der Waals surface area contributed by atoms with E-state index in [4.69, 9.17) is 21.7 Å². The molecule has 0 bridgehead atoms. The van der Waals surface area contributed by atoms with Crippen molar-refractivity contribution in [1.82, 2.24) is 15.2 Å². The van der Waals surface area contributed by atoms with Crippen LogP contribution in [-0.2, 0) is 13.1 Å². The minimum absolute atomic E-state index is 0.0944. The zero-order chi connectivity index (χ0) is 21.9. The molecule has 7 heteroatoms. The van der Waals surface area contributed by atoms with Crippen molar-refractivity contribution in [2.45, 2.75) is 44.8 Å². The SMILES string of the molecule is O=c1[nH]c2cc3c(cc2cc1CN(C(=S)NCc1ccccc1)C1CCCC1)OCCO3. The van der Waals surface area contributed by atoms with Crippen molar-refractivity contribution in [3.63, 3.8) is 0 Å². The Kier molecular flexibility index (Phi) is 5.99. The van der Waals surface area contributed by atoms with Crippen molar-refractivity contribution in [3.8, 4) is 11.5 Å². The molecule has 32 heavy (non-hydrogen) atoms. The number of fused-ring (bicyclic) bond motifs is 2. The van der Waals surface area contributed by atoms with Crippen LogP contribution in [0.2, 0.25) is 0 Å². The molecular weight excluding hydrogens is 422 g/mol. The fraction of sp³-hybridized carbons (Fsp3) is 0.360. The molecule has 1 aliphatic carbocycles. The summed E-state index contributed by atoms with van der Waals surface area (Å²) in [6.45, 7) is 2.20. The molecular formula is C25H27N3O3S. The minimum Gasteiger partial charge on any atom is -0.486 e. The Balaban J connectivity index is 1.40. The molecule has 2 heterocycles. The summed E-state index contributed by atoms with van der Waals surface area (Å²) in [4.78, 5) is 18.1. The van der Waals surface area contributed by atoms with Gasteiger partial charge in [-0.15, -0.1) is 0 Å². The number of rotatable bonds is 5. The van der Waals surface area contributed by atoms with Crippen LogP contribution in [-0.4, -0.2) is 34.3 Å². The predicted molar refractivity (Wildman–Crippen MR) is 129 cm³/mol. The number of nitrogens with one attached hydrogen (secondary N) is 2. The summed E-state index contributed by atoms with van der Waals surface area (Å²) in [5.74, 6) is 1.39. The van der Waals surface area contributed by atoms with Crippen molar-refractivity contribution >= 4 is 28.2 Å². The summed E-state index contributed by atoms with van der Waals surface area (Å²) in [5, 5.41) is 5.03. The molecule has 3 aromatic rings. The molecule has 5 rings (SSSR count). The average molecular weight is 450 g/mol. The molecule has 0 atom stereocenters. The number of ether oxygens (including phenoxy) is 2. The van der Waals surface area contributed by atoms with Crippen LogP contribution in [0, 0.1) is 0 Å². The van der Waals surface area contributed by atoms with Crippen molar-refractivity contribution < 1.29 is 9.47 Å². The third-order valence-electron chi connectivity index (χ3n) is 6.24. The van der Waals surface area contributed by atoms with Gasteiger partial charge >= 0.3 is 0 Å². The minimum atomic E-state index is -0.0944. The monoisotopic (exact) mass is 449 g/mol. The van der Waals surface area contributed by atoms with Crippen LogP contribution in [0.3, 0.4) is 0 Å². The molecule has 1 fully saturated rings. The van der Waals surface area contributed by atoms with Gasteiger partial charge in [-0.3, -0.25) is 4.79 Å². The topological polar surface area (TPSA) is 66.6 Å². The number of pyridine rings is 1. The lowest BCUT2D eigenvalue weighted by molar-refractivity contribution is 0.172. The molecule has 166 valence electrons. The fourth-order valence-corrected chi connectivity index (χ4v) is 4.83. The lowest BCUT2D eigenvalue weighted by Gasteiger charge is -2.31. The lowest BCUT2D eigenvalue weighted by Crippen LogP contribution is -2.45. The van der Waals surface area contributed by atoms with Gasteiger partial charge in [-0.25, -0.2) is 0 Å². The number of aromatic amines is 1. The molecule has 0 spiro atoms. The van der Waals surface area contributed by atoms with Gasteiger partial charge in [0, 0.05) is 29.6 Å². The van der Waals surface area contributed by atoms with E-state index in [-0.39, 0.29) is 5.56 Å². The number of thiocarbonyl (C=S) groups is 1. The molecule has 2 N–H and O–H groups in total. The molecule has 1 aromatic heterocycles. The molecule has 0 amide bonds. The average Bonchev–Trinajstić information content (AvgIpc) is 3.35. The van der Waals surface area contributed by atoms with Gasteiger partial charge in [0.05, 0.1) is 12.1 Å². The van der Waals surface area contributed by atoms with Crippen molar-refractivity contribution in [3.05, 3.63) is 70.0 Å². The maximum Gasteiger partial charge on any atom is 0.253 e. The van der Waals surface area contributed by atoms with Gasteiger partial charge in [0.15, 0.2) is 16.6 Å². The summed E-state index contributed by atoms with van der Waals surface area (Å²) >= 11 is 5.80. The van der Waals surface area contributed by atoms with Gasteiger partial charge in [-0.2, -0.15) is 0 Å². The Morgan fingerprint density at radius 1 is 1.06 bits per heavy atom. The highest BCUT2D eigenvalue weighted by atomic mass is 32.1. The number of hydrogen-bond acceptors (Lipinski definition) is 4. The molecule has 1 aliphatic heterocycles. The zero-order valence-corrected chi connectivity index (χ0v) is 18.7. The first-order valence-corrected chi connectivity index (χ1v) is 11.6. The highest BCUT2D eigenvalue weighted by Crippen LogP contribution is 2.34. The third kappa shape index (κ3) is 4.43. The molecule has 2 aliphatic rings. The summed E-state index contributed by atoms with van der Waals surface area (Å²) in [6, 6.07) is 16.3. The van der Waals surface area contributed by atoms with E-state index in [1.807, 2.05) is 36.4 Å². The first-order valence-electron chi connectivity index (χ1n) is 11.2. The maximum atomic E-state index is 12.9. The van der Waals surface area contributed by atoms with Crippen molar-refractivity contribution in [1.29, 1.82) is 0 Å². The quantitative estimate of drug-likeness (QED) is 0.572. The molecule has 0 radical (unpaired) electrons. The number of nitrogens with zero attached hydrogens (tertiary/aromatic N) is 1. The van der Waals surface area contributed by atoms with E-state index in [1.54, 1.807) is 0 Å². The Bertz CT molecular complexity index is 1170. The zero-order valence-electron chi connectivity index (χ0n) is 17.9. The van der Waals surface area contributed by atoms with Gasteiger partial charge in [0.2, 0.25) is 0 Å². The summed E-state index contributed by atoms with van der Waals surface area (Å²) in [6.07, 6.45) is 4.58. The van der Waals surface area contributed by atoms with Gasteiger partial charge in [-0.1, -0.05) is 43.2 Å². The number of benzene rings is 2. The third-order valence-corrected chi connectivity index (χ3v) is 6.62. The first-order chi connectivity index (χ1) is 15.7. The summed E-state index contributed by atoms with van der Waals surface area (Å²) < 4.78 is 11.4. The number of hydrogen-bond donors (Lipinski definition) is 2. The molecule has 2 aromatic carbocycles. The fourth-order valence-electron chi connectivity index (χ4n) is 4.55. The lowest BCUT2D eigenvalue weighted by atomic mass is 10.1. The van der Waals surface area contributed by atoms with E-state index >= 15 is 0 Å². The maximum absolute atomic E-state index is 12.9. The molecule has 1 saturated carbocycles. The Hall–Kier alpha value is -3.06. The van der Waals surface area contributed by atoms with Crippen LogP contribution in [0.25, 0.3) is 10.9 Å². The van der Waals surface area contributed by atoms with Crippen molar-refractivity contribution in [2.75, 3.05) is 13.2 Å². The molecule has 0 unspecified atom stereocenters. The Labute approximate surface area is 192 Å². The van der Waals surface area contributed by atoms with Gasteiger partial charge in [0.1, 0.15) is 13.2 Å². The van der Waals surface area contributed by atoms with Crippen LogP contribution in [0.4, 0.5) is 0 Å². The molecule has 0 saturated heterocycles. The van der Waals surface area contributed by atoms with Crippen LogP contribution >= 0.6 is 12.2 Å². The van der Waals surface area contributed by atoms with Crippen LogP contribution in [0.15, 0.2) is 53.3 Å². The van der Waals surface area contributed by atoms with Crippen molar-refractivity contribution in [2.24, 2.45) is 0 Å². The normalized spacial score (nSPS) is 15.6. The molecule has 6 nitrogen and oxygen atoms in total. The standard InChI is InChI=1S/C25H27N3O3S/c29-24-19(12-18-13-22-23(14-21(18)27-24)31-11-10-30-22)16-28(20-8-4-5-9-20)25(32)26-15-17-6-2-1-3-7-17/h1-3,6-7,12-14,20H,4-5,8-11,15-16H2,(H,26,32)(H,27,29). The van der Waals surface area contributed by atoms with Crippen LogP contribution in [0.5, 0.6) is 11.5 Å². The van der Waals surface area contributed by atoms with E-state index in [1.165, 1.54) is 18.4 Å². The predicted octanol–water partition coefficient (Wildman–Crippen LogP) is 4.12. The van der Waals surface area contributed by atoms with E-state index in [0.29, 0.717) is 48.8 Å². The highest BCUT2D eigenvalue weighted by molar-refractivity contribution is 7.80. The summed E-state index contributed by atoms with van der Waals surface area (Å²) in [5.41, 5.74) is 2.53. The number of aromatic nitrogens is 1. The number of H-pyrrole nitrogens is 1. The van der Waals surface area contributed by atoms with Crippen LogP contribution in [0.1, 0.15) is 36.8 Å². The second kappa shape index (κ2) is 9.20. The largest absolute Gasteiger partial charge is 0.486 e. The van der Waals surface area contributed by atoms with E-state index in [0.717, 1.165) is 29.5 Å². The highest BCUT2D eigenvalue weighted by Gasteiger charge is 2.26.